The Morgan fingerprint density at radius 2 is 0.900 bits per heavy atom. The highest BCUT2D eigenvalue weighted by molar-refractivity contribution is 7.88. The van der Waals surface area contributed by atoms with E-state index >= 15 is 0 Å². The molecular formula is C24H16F6O8S2. The predicted octanol–water partition coefficient (Wildman–Crippen LogP) is 6.13. The number of hydrogen-bond donors (Lipinski definition) is 0. The summed E-state index contributed by atoms with van der Waals surface area (Å²) in [6.45, 7) is 0. The Morgan fingerprint density at radius 3 is 1.20 bits per heavy atom. The first kappa shape index (κ1) is 29.1. The third kappa shape index (κ3) is 5.03. The second-order valence-electron chi connectivity index (χ2n) is 7.97. The summed E-state index contributed by atoms with van der Waals surface area (Å²) in [5, 5.41) is 0.317. The van der Waals surface area contributed by atoms with Crippen LogP contribution in [0, 0.1) is 0 Å². The van der Waals surface area contributed by atoms with Crippen molar-refractivity contribution in [3.8, 4) is 34.1 Å². The van der Waals surface area contributed by atoms with Gasteiger partial charge < -0.3 is 17.8 Å². The highest BCUT2D eigenvalue weighted by atomic mass is 32.2. The van der Waals surface area contributed by atoms with Crippen LogP contribution in [0.4, 0.5) is 26.3 Å². The molecule has 4 rings (SSSR count). The first-order valence-corrected chi connectivity index (χ1v) is 13.6. The van der Waals surface area contributed by atoms with E-state index in [1.54, 1.807) is 0 Å². The summed E-state index contributed by atoms with van der Waals surface area (Å²) in [6, 6.07) is 13.6. The summed E-state index contributed by atoms with van der Waals surface area (Å²) in [4.78, 5) is 0. The van der Waals surface area contributed by atoms with Gasteiger partial charge in [0.25, 0.3) is 0 Å². The molecule has 0 aliphatic heterocycles. The van der Waals surface area contributed by atoms with E-state index in [9.17, 15) is 43.2 Å². The summed E-state index contributed by atoms with van der Waals surface area (Å²) >= 11 is 0. The molecule has 0 saturated carbocycles. The van der Waals surface area contributed by atoms with Gasteiger partial charge >= 0.3 is 31.3 Å². The summed E-state index contributed by atoms with van der Waals surface area (Å²) in [7, 11) is -10.8. The molecule has 0 aromatic heterocycles. The molecule has 0 saturated heterocycles. The Labute approximate surface area is 222 Å². The lowest BCUT2D eigenvalue weighted by Gasteiger charge is -2.22. The van der Waals surface area contributed by atoms with E-state index in [0.717, 1.165) is 26.4 Å². The fourth-order valence-corrected chi connectivity index (χ4v) is 4.84. The second-order valence-corrected chi connectivity index (χ2v) is 11.1. The molecule has 0 amide bonds. The van der Waals surface area contributed by atoms with E-state index in [1.165, 1.54) is 48.5 Å². The minimum Gasteiger partial charge on any atom is -0.493 e. The quantitative estimate of drug-likeness (QED) is 0.140. The third-order valence-electron chi connectivity index (χ3n) is 5.58. The minimum atomic E-state index is -6.37. The molecule has 0 atom stereocenters. The standard InChI is InChI=1S/C24H16F6O8S2/c1-35-17-11-13-7-3-5-9-15(13)19(21(17)37-39(31,32)23(25,26)27)20-16-10-6-4-8-14(16)12-18(36-2)22(20)38-40(33,34)24(28,29)30/h3-12H,1-2H3. The van der Waals surface area contributed by atoms with Crippen LogP contribution in [0.2, 0.25) is 0 Å². The van der Waals surface area contributed by atoms with Crippen molar-refractivity contribution >= 4 is 41.8 Å². The van der Waals surface area contributed by atoms with Crippen molar-refractivity contribution in [1.29, 1.82) is 0 Å². The van der Waals surface area contributed by atoms with Crippen LogP contribution < -0.4 is 17.8 Å². The summed E-state index contributed by atoms with van der Waals surface area (Å²) in [6.07, 6.45) is 0. The van der Waals surface area contributed by atoms with E-state index in [1.807, 2.05) is 0 Å². The van der Waals surface area contributed by atoms with Crippen molar-refractivity contribution in [2.75, 3.05) is 14.2 Å². The van der Waals surface area contributed by atoms with E-state index in [0.29, 0.717) is 0 Å². The molecule has 0 N–H and O–H groups in total. The van der Waals surface area contributed by atoms with Gasteiger partial charge in [-0.2, -0.15) is 43.2 Å². The van der Waals surface area contributed by atoms with Crippen LogP contribution in [0.5, 0.6) is 23.0 Å². The molecule has 0 aliphatic rings. The molecule has 4 aromatic carbocycles. The maximum Gasteiger partial charge on any atom is 0.534 e. The van der Waals surface area contributed by atoms with Gasteiger partial charge in [0.15, 0.2) is 23.0 Å². The zero-order valence-corrected chi connectivity index (χ0v) is 21.8. The molecule has 8 nitrogen and oxygen atoms in total. The number of rotatable bonds is 7. The maximum absolute atomic E-state index is 13.4. The summed E-state index contributed by atoms with van der Waals surface area (Å²) in [5.41, 5.74) is -13.0. The maximum atomic E-state index is 13.4. The Kier molecular flexibility index (Phi) is 7.21. The Bertz CT molecular complexity index is 1700. The smallest absolute Gasteiger partial charge is 0.493 e. The number of fused-ring (bicyclic) bond motifs is 2. The molecule has 4 aromatic rings. The first-order valence-electron chi connectivity index (χ1n) is 10.7. The first-order chi connectivity index (χ1) is 18.5. The molecule has 214 valence electrons. The Balaban J connectivity index is 2.28. The van der Waals surface area contributed by atoms with Crippen molar-refractivity contribution in [3.05, 3.63) is 60.7 Å². The lowest BCUT2D eigenvalue weighted by molar-refractivity contribution is -0.0505. The normalized spacial score (nSPS) is 12.9. The number of alkyl halides is 6. The van der Waals surface area contributed by atoms with Gasteiger partial charge in [-0.1, -0.05) is 48.5 Å². The van der Waals surface area contributed by atoms with Crippen LogP contribution in [0.15, 0.2) is 60.7 Å². The molecule has 0 radical (unpaired) electrons. The van der Waals surface area contributed by atoms with Gasteiger partial charge in [-0.25, -0.2) is 0 Å². The second kappa shape index (κ2) is 9.92. The number of halogens is 6. The molecule has 40 heavy (non-hydrogen) atoms. The van der Waals surface area contributed by atoms with Crippen molar-refractivity contribution in [2.45, 2.75) is 11.0 Å². The lowest BCUT2D eigenvalue weighted by atomic mass is 9.91. The van der Waals surface area contributed by atoms with Crippen LogP contribution >= 0.6 is 0 Å². The van der Waals surface area contributed by atoms with Crippen molar-refractivity contribution in [2.24, 2.45) is 0 Å². The fraction of sp³-hybridized carbons (Fsp3) is 0.167. The average Bonchev–Trinajstić information content (AvgIpc) is 2.86. The lowest BCUT2D eigenvalue weighted by Crippen LogP contribution is -2.29. The van der Waals surface area contributed by atoms with Crippen LogP contribution in [-0.4, -0.2) is 42.1 Å². The number of hydrogen-bond acceptors (Lipinski definition) is 8. The average molecular weight is 611 g/mol. The molecule has 0 spiro atoms. The summed E-state index contributed by atoms with van der Waals surface area (Å²) in [5.74, 6) is -3.33. The van der Waals surface area contributed by atoms with E-state index in [-0.39, 0.29) is 21.5 Å². The molecule has 0 aliphatic carbocycles. The largest absolute Gasteiger partial charge is 0.534 e. The van der Waals surface area contributed by atoms with E-state index < -0.39 is 65.4 Å². The molecule has 16 heteroatoms. The van der Waals surface area contributed by atoms with Crippen LogP contribution in [0.1, 0.15) is 0 Å². The number of benzene rings is 4. The number of ether oxygens (including phenoxy) is 2. The van der Waals surface area contributed by atoms with Gasteiger partial charge in [-0.05, 0) is 33.7 Å². The molecule has 0 unspecified atom stereocenters. The zero-order valence-electron chi connectivity index (χ0n) is 20.1. The third-order valence-corrected chi connectivity index (χ3v) is 7.48. The summed E-state index contributed by atoms with van der Waals surface area (Å²) < 4.78 is 148. The van der Waals surface area contributed by atoms with Crippen molar-refractivity contribution < 1.29 is 61.0 Å². The van der Waals surface area contributed by atoms with Gasteiger partial charge in [0.2, 0.25) is 0 Å². The van der Waals surface area contributed by atoms with Crippen molar-refractivity contribution in [1.82, 2.24) is 0 Å². The fourth-order valence-electron chi connectivity index (χ4n) is 3.88. The van der Waals surface area contributed by atoms with Gasteiger partial charge in [-0.3, -0.25) is 0 Å². The zero-order chi connectivity index (χ0) is 29.7. The van der Waals surface area contributed by atoms with Gasteiger partial charge in [-0.15, -0.1) is 0 Å². The molecule has 0 fully saturated rings. The highest BCUT2D eigenvalue weighted by Crippen LogP contribution is 2.53. The molecular weight excluding hydrogens is 594 g/mol. The van der Waals surface area contributed by atoms with Crippen LogP contribution in [0.25, 0.3) is 32.7 Å². The minimum absolute atomic E-state index is 0.0525. The molecule has 0 bridgehead atoms. The van der Waals surface area contributed by atoms with Crippen LogP contribution in [0.3, 0.4) is 0 Å². The van der Waals surface area contributed by atoms with Crippen LogP contribution in [-0.2, 0) is 20.2 Å². The topological polar surface area (TPSA) is 105 Å². The van der Waals surface area contributed by atoms with Crippen molar-refractivity contribution in [3.63, 3.8) is 0 Å². The predicted molar refractivity (Wildman–Crippen MR) is 131 cm³/mol. The van der Waals surface area contributed by atoms with Gasteiger partial charge in [0.05, 0.1) is 14.2 Å². The van der Waals surface area contributed by atoms with E-state index in [2.05, 4.69) is 8.37 Å². The Hall–Kier alpha value is -3.92. The Morgan fingerprint density at radius 1 is 0.575 bits per heavy atom. The molecule has 0 heterocycles. The SMILES string of the molecule is COc1cc2ccccc2c(-c2c(OS(=O)(=O)C(F)(F)F)c(OC)cc3ccccc23)c1OS(=O)(=O)C(F)(F)F. The monoisotopic (exact) mass is 610 g/mol. The van der Waals surface area contributed by atoms with Gasteiger partial charge in [0.1, 0.15) is 0 Å². The highest BCUT2D eigenvalue weighted by Gasteiger charge is 2.51. The van der Waals surface area contributed by atoms with Gasteiger partial charge in [0, 0.05) is 11.1 Å². The van der Waals surface area contributed by atoms with E-state index in [4.69, 9.17) is 9.47 Å². The number of methoxy groups -OCH3 is 2.